The molecule has 0 fully saturated rings. The summed E-state index contributed by atoms with van der Waals surface area (Å²) in [6.07, 6.45) is 7.69. The molecule has 0 saturated heterocycles. The van der Waals surface area contributed by atoms with Crippen LogP contribution in [0.25, 0.3) is 0 Å². The van der Waals surface area contributed by atoms with Crippen molar-refractivity contribution in [3.63, 3.8) is 0 Å². The van der Waals surface area contributed by atoms with Crippen LogP contribution in [0.5, 0.6) is 0 Å². The third-order valence-corrected chi connectivity index (χ3v) is 1.71. The van der Waals surface area contributed by atoms with Gasteiger partial charge in [0.15, 0.2) is 0 Å². The molecular weight excluding hydrogens is 158 g/mol. The second-order valence-corrected chi connectivity index (χ2v) is 2.81. The Morgan fingerprint density at radius 1 is 1.31 bits per heavy atom. The van der Waals surface area contributed by atoms with E-state index in [0.29, 0.717) is 0 Å². The fourth-order valence-corrected chi connectivity index (χ4v) is 0.917. The summed E-state index contributed by atoms with van der Waals surface area (Å²) in [5, 5.41) is 3.27. The molecule has 0 aliphatic carbocycles. The van der Waals surface area contributed by atoms with Crippen molar-refractivity contribution in [3.05, 3.63) is 49.2 Å². The van der Waals surface area contributed by atoms with Crippen molar-refractivity contribution >= 4 is 0 Å². The van der Waals surface area contributed by atoms with Crippen LogP contribution < -0.4 is 5.32 Å². The molecular formula is C12H19N. The molecule has 0 radical (unpaired) electrons. The van der Waals surface area contributed by atoms with Gasteiger partial charge in [0.05, 0.1) is 0 Å². The van der Waals surface area contributed by atoms with Gasteiger partial charge in [-0.05, 0) is 18.9 Å². The Hall–Kier alpha value is -1.24. The van der Waals surface area contributed by atoms with Gasteiger partial charge in [-0.1, -0.05) is 44.4 Å². The van der Waals surface area contributed by atoms with Gasteiger partial charge in [-0.25, -0.2) is 0 Å². The van der Waals surface area contributed by atoms with Crippen LogP contribution in [0, 0.1) is 0 Å². The lowest BCUT2D eigenvalue weighted by Gasteiger charge is -2.06. The minimum absolute atomic E-state index is 0.892. The SMILES string of the molecule is C=CC(=C)CCN/C(C=C)=C/CC. The van der Waals surface area contributed by atoms with E-state index in [1.54, 1.807) is 6.08 Å². The molecule has 1 nitrogen and oxygen atoms in total. The van der Waals surface area contributed by atoms with Crippen LogP contribution in [0.1, 0.15) is 19.8 Å². The fourth-order valence-electron chi connectivity index (χ4n) is 0.917. The van der Waals surface area contributed by atoms with Crippen LogP contribution >= 0.6 is 0 Å². The number of nitrogens with one attached hydrogen (secondary N) is 1. The van der Waals surface area contributed by atoms with E-state index in [0.717, 1.165) is 30.7 Å². The van der Waals surface area contributed by atoms with Crippen molar-refractivity contribution in [3.8, 4) is 0 Å². The number of rotatable bonds is 7. The molecule has 0 spiro atoms. The zero-order chi connectivity index (χ0) is 10.1. The first-order valence-corrected chi connectivity index (χ1v) is 4.61. The second kappa shape index (κ2) is 7.41. The van der Waals surface area contributed by atoms with Crippen molar-refractivity contribution in [1.29, 1.82) is 0 Å². The Labute approximate surface area is 81.5 Å². The van der Waals surface area contributed by atoms with E-state index in [1.165, 1.54) is 0 Å². The fraction of sp³-hybridized carbons (Fsp3) is 0.333. The van der Waals surface area contributed by atoms with Gasteiger partial charge in [-0.2, -0.15) is 0 Å². The van der Waals surface area contributed by atoms with Gasteiger partial charge in [-0.15, -0.1) is 0 Å². The maximum absolute atomic E-state index is 3.84. The Bertz CT molecular complexity index is 211. The van der Waals surface area contributed by atoms with Crippen LogP contribution in [0.3, 0.4) is 0 Å². The number of hydrogen-bond donors (Lipinski definition) is 1. The van der Waals surface area contributed by atoms with E-state index in [4.69, 9.17) is 0 Å². The van der Waals surface area contributed by atoms with E-state index in [-0.39, 0.29) is 0 Å². The van der Waals surface area contributed by atoms with Crippen molar-refractivity contribution in [2.45, 2.75) is 19.8 Å². The molecule has 0 rings (SSSR count). The molecule has 0 bridgehead atoms. The van der Waals surface area contributed by atoms with E-state index in [9.17, 15) is 0 Å². The summed E-state index contributed by atoms with van der Waals surface area (Å²) in [5.41, 5.74) is 2.16. The maximum atomic E-state index is 3.84. The van der Waals surface area contributed by atoms with E-state index < -0.39 is 0 Å². The Kier molecular flexibility index (Phi) is 6.70. The summed E-state index contributed by atoms with van der Waals surface area (Å²) < 4.78 is 0. The summed E-state index contributed by atoms with van der Waals surface area (Å²) >= 11 is 0. The van der Waals surface area contributed by atoms with Gasteiger partial charge in [0.2, 0.25) is 0 Å². The smallest absolute Gasteiger partial charge is 0.0293 e. The normalized spacial score (nSPS) is 10.7. The number of allylic oxidation sites excluding steroid dienone is 3. The standard InChI is InChI=1S/C12H19N/c1-5-8-12(7-3)13-10-9-11(4)6-2/h6-8,13H,2-5,9-10H2,1H3/b12-8+. The molecule has 0 aromatic heterocycles. The molecule has 0 atom stereocenters. The minimum atomic E-state index is 0.892. The Balaban J connectivity index is 3.73. The first kappa shape index (κ1) is 11.8. The lowest BCUT2D eigenvalue weighted by molar-refractivity contribution is 0.804. The van der Waals surface area contributed by atoms with E-state index in [2.05, 4.69) is 38.1 Å². The quantitative estimate of drug-likeness (QED) is 0.589. The third kappa shape index (κ3) is 5.97. The van der Waals surface area contributed by atoms with Gasteiger partial charge >= 0.3 is 0 Å². The third-order valence-electron chi connectivity index (χ3n) is 1.71. The molecule has 1 heteroatoms. The van der Waals surface area contributed by atoms with Crippen LogP contribution in [0.2, 0.25) is 0 Å². The second-order valence-electron chi connectivity index (χ2n) is 2.81. The van der Waals surface area contributed by atoms with Crippen LogP contribution in [-0.4, -0.2) is 6.54 Å². The van der Waals surface area contributed by atoms with Gasteiger partial charge in [0.1, 0.15) is 0 Å². The summed E-state index contributed by atoms with van der Waals surface area (Å²) in [4.78, 5) is 0. The monoisotopic (exact) mass is 177 g/mol. The zero-order valence-corrected chi connectivity index (χ0v) is 8.47. The van der Waals surface area contributed by atoms with Crippen molar-refractivity contribution in [2.24, 2.45) is 0 Å². The highest BCUT2D eigenvalue weighted by Gasteiger charge is 1.90. The van der Waals surface area contributed by atoms with Crippen molar-refractivity contribution < 1.29 is 0 Å². The molecule has 0 amide bonds. The molecule has 0 saturated carbocycles. The first-order chi connectivity index (χ1) is 6.24. The minimum Gasteiger partial charge on any atom is -0.385 e. The molecule has 0 aliphatic heterocycles. The number of hydrogen-bond acceptors (Lipinski definition) is 1. The molecule has 0 heterocycles. The highest BCUT2D eigenvalue weighted by atomic mass is 14.9. The molecule has 0 unspecified atom stereocenters. The topological polar surface area (TPSA) is 12.0 Å². The van der Waals surface area contributed by atoms with Gasteiger partial charge in [0, 0.05) is 12.2 Å². The predicted molar refractivity (Wildman–Crippen MR) is 60.5 cm³/mol. The van der Waals surface area contributed by atoms with Gasteiger partial charge in [0.25, 0.3) is 0 Å². The lowest BCUT2D eigenvalue weighted by Crippen LogP contribution is -2.13. The summed E-state index contributed by atoms with van der Waals surface area (Å²) in [7, 11) is 0. The summed E-state index contributed by atoms with van der Waals surface area (Å²) in [6, 6.07) is 0. The van der Waals surface area contributed by atoms with Gasteiger partial charge in [-0.3, -0.25) is 0 Å². The molecule has 0 aromatic carbocycles. The van der Waals surface area contributed by atoms with E-state index >= 15 is 0 Å². The Morgan fingerprint density at radius 2 is 2.00 bits per heavy atom. The first-order valence-electron chi connectivity index (χ1n) is 4.61. The van der Waals surface area contributed by atoms with Crippen LogP contribution in [-0.2, 0) is 0 Å². The largest absolute Gasteiger partial charge is 0.385 e. The molecule has 0 aliphatic rings. The molecule has 1 N–H and O–H groups in total. The molecule has 72 valence electrons. The van der Waals surface area contributed by atoms with E-state index in [1.807, 2.05) is 6.08 Å². The summed E-state index contributed by atoms with van der Waals surface area (Å²) in [5.74, 6) is 0. The molecule has 0 aromatic rings. The molecule has 13 heavy (non-hydrogen) atoms. The lowest BCUT2D eigenvalue weighted by atomic mass is 10.2. The zero-order valence-electron chi connectivity index (χ0n) is 8.47. The Morgan fingerprint density at radius 3 is 2.46 bits per heavy atom. The predicted octanol–water partition coefficient (Wildman–Crippen LogP) is 3.19. The van der Waals surface area contributed by atoms with Crippen LogP contribution in [0.4, 0.5) is 0 Å². The van der Waals surface area contributed by atoms with Crippen molar-refractivity contribution in [2.75, 3.05) is 6.54 Å². The van der Waals surface area contributed by atoms with Gasteiger partial charge < -0.3 is 5.32 Å². The van der Waals surface area contributed by atoms with Crippen LogP contribution in [0.15, 0.2) is 49.2 Å². The van der Waals surface area contributed by atoms with Crippen molar-refractivity contribution in [1.82, 2.24) is 5.32 Å². The summed E-state index contributed by atoms with van der Waals surface area (Å²) in [6.45, 7) is 14.2. The average Bonchev–Trinajstić information content (AvgIpc) is 2.16. The average molecular weight is 177 g/mol. The highest BCUT2D eigenvalue weighted by Crippen LogP contribution is 1.98. The highest BCUT2D eigenvalue weighted by molar-refractivity contribution is 5.15. The maximum Gasteiger partial charge on any atom is 0.0293 e.